The van der Waals surface area contributed by atoms with Gasteiger partial charge in [0.05, 0.1) is 0 Å². The average Bonchev–Trinajstić information content (AvgIpc) is 2.56. The summed E-state index contributed by atoms with van der Waals surface area (Å²) in [6, 6.07) is 18.3. The molecule has 0 saturated carbocycles. The second-order valence-electron chi connectivity index (χ2n) is 5.87. The number of benzene rings is 2. The normalized spacial score (nSPS) is 15.8. The Kier molecular flexibility index (Phi) is 4.54. The Morgan fingerprint density at radius 2 is 1.55 bits per heavy atom. The molecule has 114 valence electrons. The molecule has 22 heavy (non-hydrogen) atoms. The molecule has 0 unspecified atom stereocenters. The first-order valence-corrected chi connectivity index (χ1v) is 7.85. The molecule has 0 atom stereocenters. The van der Waals surface area contributed by atoms with E-state index in [4.69, 9.17) is 0 Å². The monoisotopic (exact) mass is 294 g/mol. The van der Waals surface area contributed by atoms with Crippen molar-refractivity contribution in [3.05, 3.63) is 71.3 Å². The zero-order valence-corrected chi connectivity index (χ0v) is 13.0. The van der Waals surface area contributed by atoms with Crippen LogP contribution in [0.2, 0.25) is 0 Å². The zero-order valence-electron chi connectivity index (χ0n) is 13.0. The van der Waals surface area contributed by atoms with Crippen LogP contribution in [0, 0.1) is 6.92 Å². The van der Waals surface area contributed by atoms with Crippen molar-refractivity contribution < 1.29 is 4.79 Å². The van der Waals surface area contributed by atoms with Gasteiger partial charge in [0.1, 0.15) is 0 Å². The van der Waals surface area contributed by atoms with Crippen molar-refractivity contribution in [1.82, 2.24) is 9.80 Å². The average molecular weight is 294 g/mol. The fraction of sp³-hybridized carbons (Fsp3) is 0.316. The Balaban J connectivity index is 1.58. The number of amides is 1. The van der Waals surface area contributed by atoms with Crippen LogP contribution in [0.1, 0.15) is 21.5 Å². The predicted octanol–water partition coefficient (Wildman–Crippen LogP) is 2.95. The third kappa shape index (κ3) is 3.37. The van der Waals surface area contributed by atoms with E-state index < -0.39 is 0 Å². The molecule has 2 aromatic rings. The van der Waals surface area contributed by atoms with E-state index in [0.29, 0.717) is 0 Å². The van der Waals surface area contributed by atoms with Crippen molar-refractivity contribution in [1.29, 1.82) is 0 Å². The summed E-state index contributed by atoms with van der Waals surface area (Å²) in [4.78, 5) is 17.0. The van der Waals surface area contributed by atoms with Crippen molar-refractivity contribution in [2.24, 2.45) is 0 Å². The Labute approximate surface area is 132 Å². The molecular weight excluding hydrogens is 272 g/mol. The SMILES string of the molecule is Cc1ccccc1C(=O)N1CCN(Cc2ccccc2)CC1. The second kappa shape index (κ2) is 6.75. The summed E-state index contributed by atoms with van der Waals surface area (Å²) in [5, 5.41) is 0. The Morgan fingerprint density at radius 3 is 2.23 bits per heavy atom. The number of carbonyl (C=O) groups is 1. The van der Waals surface area contributed by atoms with E-state index in [9.17, 15) is 4.79 Å². The number of hydrogen-bond donors (Lipinski definition) is 0. The van der Waals surface area contributed by atoms with E-state index in [0.717, 1.165) is 43.9 Å². The summed E-state index contributed by atoms with van der Waals surface area (Å²) >= 11 is 0. The van der Waals surface area contributed by atoms with Gasteiger partial charge in [-0.2, -0.15) is 0 Å². The Morgan fingerprint density at radius 1 is 0.909 bits per heavy atom. The van der Waals surface area contributed by atoms with Crippen molar-refractivity contribution >= 4 is 5.91 Å². The molecule has 1 aliphatic heterocycles. The van der Waals surface area contributed by atoms with Gasteiger partial charge in [0.15, 0.2) is 0 Å². The van der Waals surface area contributed by atoms with E-state index >= 15 is 0 Å². The summed E-state index contributed by atoms with van der Waals surface area (Å²) in [6.07, 6.45) is 0. The van der Waals surface area contributed by atoms with Crippen molar-refractivity contribution in [2.45, 2.75) is 13.5 Å². The molecule has 0 bridgehead atoms. The second-order valence-corrected chi connectivity index (χ2v) is 5.87. The number of nitrogens with zero attached hydrogens (tertiary/aromatic N) is 2. The molecule has 0 aromatic heterocycles. The topological polar surface area (TPSA) is 23.6 Å². The van der Waals surface area contributed by atoms with Gasteiger partial charge >= 0.3 is 0 Å². The number of hydrogen-bond acceptors (Lipinski definition) is 2. The molecule has 1 heterocycles. The van der Waals surface area contributed by atoms with Gasteiger partial charge in [0.25, 0.3) is 5.91 Å². The summed E-state index contributed by atoms with van der Waals surface area (Å²) in [5.74, 6) is 0.164. The molecule has 1 aliphatic rings. The van der Waals surface area contributed by atoms with Crippen LogP contribution in [0.3, 0.4) is 0 Å². The fourth-order valence-electron chi connectivity index (χ4n) is 2.93. The van der Waals surface area contributed by atoms with E-state index in [1.165, 1.54) is 5.56 Å². The van der Waals surface area contributed by atoms with Crippen LogP contribution in [-0.4, -0.2) is 41.9 Å². The van der Waals surface area contributed by atoms with E-state index in [2.05, 4.69) is 29.2 Å². The number of carbonyl (C=O) groups excluding carboxylic acids is 1. The highest BCUT2D eigenvalue weighted by Gasteiger charge is 2.22. The first-order valence-electron chi connectivity index (χ1n) is 7.85. The van der Waals surface area contributed by atoms with E-state index in [-0.39, 0.29) is 5.91 Å². The van der Waals surface area contributed by atoms with Crippen molar-refractivity contribution in [3.63, 3.8) is 0 Å². The van der Waals surface area contributed by atoms with Crippen molar-refractivity contribution in [3.8, 4) is 0 Å². The molecule has 1 saturated heterocycles. The van der Waals surface area contributed by atoms with Gasteiger partial charge in [-0.05, 0) is 24.1 Å². The van der Waals surface area contributed by atoms with Gasteiger partial charge in [0, 0.05) is 38.3 Å². The standard InChI is InChI=1S/C19H22N2O/c1-16-7-5-6-10-18(16)19(22)21-13-11-20(12-14-21)15-17-8-3-2-4-9-17/h2-10H,11-15H2,1H3. The highest BCUT2D eigenvalue weighted by Crippen LogP contribution is 2.14. The van der Waals surface area contributed by atoms with Gasteiger partial charge in [0.2, 0.25) is 0 Å². The third-order valence-corrected chi connectivity index (χ3v) is 4.28. The first kappa shape index (κ1) is 14.8. The molecule has 0 N–H and O–H groups in total. The number of aryl methyl sites for hydroxylation is 1. The molecule has 0 aliphatic carbocycles. The van der Waals surface area contributed by atoms with Crippen LogP contribution in [0.15, 0.2) is 54.6 Å². The van der Waals surface area contributed by atoms with Gasteiger partial charge in [-0.3, -0.25) is 9.69 Å². The van der Waals surface area contributed by atoms with Gasteiger partial charge in [-0.25, -0.2) is 0 Å². The highest BCUT2D eigenvalue weighted by molar-refractivity contribution is 5.95. The zero-order chi connectivity index (χ0) is 15.4. The molecular formula is C19H22N2O. The number of rotatable bonds is 3. The van der Waals surface area contributed by atoms with E-state index in [1.54, 1.807) is 0 Å². The van der Waals surface area contributed by atoms with E-state index in [1.807, 2.05) is 42.2 Å². The maximum atomic E-state index is 12.6. The minimum atomic E-state index is 0.164. The largest absolute Gasteiger partial charge is 0.336 e. The van der Waals surface area contributed by atoms with Crippen LogP contribution in [0.4, 0.5) is 0 Å². The maximum absolute atomic E-state index is 12.6. The molecule has 3 nitrogen and oxygen atoms in total. The molecule has 0 spiro atoms. The lowest BCUT2D eigenvalue weighted by molar-refractivity contribution is 0.0628. The third-order valence-electron chi connectivity index (χ3n) is 4.28. The minimum absolute atomic E-state index is 0.164. The first-order chi connectivity index (χ1) is 10.7. The molecule has 0 radical (unpaired) electrons. The molecule has 3 heteroatoms. The maximum Gasteiger partial charge on any atom is 0.254 e. The van der Waals surface area contributed by atoms with Crippen molar-refractivity contribution in [2.75, 3.05) is 26.2 Å². The summed E-state index contributed by atoms with van der Waals surface area (Å²) in [6.45, 7) is 6.45. The van der Waals surface area contributed by atoms with Crippen LogP contribution in [0.25, 0.3) is 0 Å². The Bertz CT molecular complexity index is 631. The molecule has 3 rings (SSSR count). The molecule has 2 aromatic carbocycles. The summed E-state index contributed by atoms with van der Waals surface area (Å²) in [7, 11) is 0. The van der Waals surface area contributed by atoms with Crippen LogP contribution in [0.5, 0.6) is 0 Å². The van der Waals surface area contributed by atoms with Gasteiger partial charge < -0.3 is 4.90 Å². The van der Waals surface area contributed by atoms with Gasteiger partial charge in [-0.1, -0.05) is 48.5 Å². The number of piperazine rings is 1. The highest BCUT2D eigenvalue weighted by atomic mass is 16.2. The quantitative estimate of drug-likeness (QED) is 0.869. The summed E-state index contributed by atoms with van der Waals surface area (Å²) in [5.41, 5.74) is 3.22. The smallest absolute Gasteiger partial charge is 0.254 e. The van der Waals surface area contributed by atoms with Crippen LogP contribution in [-0.2, 0) is 6.54 Å². The molecule has 1 fully saturated rings. The van der Waals surface area contributed by atoms with Crippen LogP contribution >= 0.6 is 0 Å². The van der Waals surface area contributed by atoms with Crippen LogP contribution < -0.4 is 0 Å². The Hall–Kier alpha value is -2.13. The lowest BCUT2D eigenvalue weighted by Gasteiger charge is -2.35. The molecule has 1 amide bonds. The minimum Gasteiger partial charge on any atom is -0.336 e. The fourth-order valence-corrected chi connectivity index (χ4v) is 2.93. The lowest BCUT2D eigenvalue weighted by Crippen LogP contribution is -2.48. The summed E-state index contributed by atoms with van der Waals surface area (Å²) < 4.78 is 0. The lowest BCUT2D eigenvalue weighted by atomic mass is 10.1. The van der Waals surface area contributed by atoms with Gasteiger partial charge in [-0.15, -0.1) is 0 Å². The predicted molar refractivity (Wildman–Crippen MR) is 88.8 cm³/mol.